The van der Waals surface area contributed by atoms with Crippen molar-refractivity contribution in [2.24, 2.45) is 5.92 Å². The minimum atomic E-state index is 0.676. The highest BCUT2D eigenvalue weighted by Gasteiger charge is 2.07. The topological polar surface area (TPSA) is 30.5 Å². The van der Waals surface area contributed by atoms with Crippen LogP contribution in [0.3, 0.4) is 0 Å². The molecule has 96 valence electrons. The number of hydrogen-bond acceptors (Lipinski definition) is 3. The van der Waals surface area contributed by atoms with Gasteiger partial charge in [-0.2, -0.15) is 0 Å². The second-order valence-corrected chi connectivity index (χ2v) is 4.12. The van der Waals surface area contributed by atoms with E-state index in [1.807, 2.05) is 31.3 Å². The Morgan fingerprint density at radius 3 is 2.53 bits per heavy atom. The lowest BCUT2D eigenvalue weighted by Gasteiger charge is -2.15. The van der Waals surface area contributed by atoms with Crippen LogP contribution in [0.15, 0.2) is 24.3 Å². The summed E-state index contributed by atoms with van der Waals surface area (Å²) in [4.78, 5) is 0. The van der Waals surface area contributed by atoms with E-state index in [0.717, 1.165) is 31.1 Å². The van der Waals surface area contributed by atoms with Crippen molar-refractivity contribution < 1.29 is 9.47 Å². The molecule has 1 atom stereocenters. The van der Waals surface area contributed by atoms with E-state index in [2.05, 4.69) is 12.2 Å². The fourth-order valence-corrected chi connectivity index (χ4v) is 1.81. The molecule has 1 aromatic rings. The first kappa shape index (κ1) is 13.8. The fourth-order valence-electron chi connectivity index (χ4n) is 1.81. The van der Waals surface area contributed by atoms with E-state index in [4.69, 9.17) is 9.47 Å². The maximum atomic E-state index is 5.75. The van der Waals surface area contributed by atoms with Crippen LogP contribution >= 0.6 is 0 Å². The van der Waals surface area contributed by atoms with Gasteiger partial charge < -0.3 is 14.8 Å². The van der Waals surface area contributed by atoms with Gasteiger partial charge in [-0.05, 0) is 38.1 Å². The molecule has 0 amide bonds. The Morgan fingerprint density at radius 2 is 1.94 bits per heavy atom. The third-order valence-electron chi connectivity index (χ3n) is 2.92. The molecule has 1 N–H and O–H groups in total. The first-order chi connectivity index (χ1) is 8.31. The fraction of sp³-hybridized carbons (Fsp3) is 0.571. The highest BCUT2D eigenvalue weighted by atomic mass is 16.5. The van der Waals surface area contributed by atoms with Crippen molar-refractivity contribution in [1.29, 1.82) is 0 Å². The van der Waals surface area contributed by atoms with Crippen LogP contribution in [0.1, 0.15) is 19.8 Å². The van der Waals surface area contributed by atoms with E-state index >= 15 is 0 Å². The van der Waals surface area contributed by atoms with Crippen molar-refractivity contribution in [1.82, 2.24) is 5.32 Å². The van der Waals surface area contributed by atoms with Gasteiger partial charge >= 0.3 is 0 Å². The minimum absolute atomic E-state index is 0.676. The highest BCUT2D eigenvalue weighted by Crippen LogP contribution is 2.26. The van der Waals surface area contributed by atoms with Gasteiger partial charge in [-0.15, -0.1) is 0 Å². The summed E-state index contributed by atoms with van der Waals surface area (Å²) in [5, 5.41) is 3.21. The summed E-state index contributed by atoms with van der Waals surface area (Å²) in [7, 11) is 3.65. The quantitative estimate of drug-likeness (QED) is 0.754. The van der Waals surface area contributed by atoms with Gasteiger partial charge in [-0.3, -0.25) is 0 Å². The molecule has 0 saturated carbocycles. The number of rotatable bonds is 8. The van der Waals surface area contributed by atoms with Gasteiger partial charge in [0, 0.05) is 0 Å². The molecule has 0 radical (unpaired) electrons. The van der Waals surface area contributed by atoms with E-state index in [1.165, 1.54) is 6.42 Å². The zero-order valence-electron chi connectivity index (χ0n) is 11.0. The first-order valence-electron chi connectivity index (χ1n) is 6.22. The molecule has 0 saturated heterocycles. The zero-order chi connectivity index (χ0) is 12.5. The van der Waals surface area contributed by atoms with Crippen molar-refractivity contribution >= 4 is 0 Å². The molecule has 0 fully saturated rings. The zero-order valence-corrected chi connectivity index (χ0v) is 11.0. The molecule has 0 aliphatic rings. The molecular formula is C14H23NO2. The number of hydrogen-bond donors (Lipinski definition) is 1. The van der Waals surface area contributed by atoms with Gasteiger partial charge in [0.1, 0.15) is 0 Å². The van der Waals surface area contributed by atoms with Crippen LogP contribution in [0, 0.1) is 5.92 Å². The van der Waals surface area contributed by atoms with Gasteiger partial charge in [0.25, 0.3) is 0 Å². The summed E-state index contributed by atoms with van der Waals surface area (Å²) in [5.41, 5.74) is 0. The summed E-state index contributed by atoms with van der Waals surface area (Å²) in [6.45, 7) is 4.00. The molecule has 0 aliphatic heterocycles. The average Bonchev–Trinajstić information content (AvgIpc) is 2.38. The number of nitrogens with one attached hydrogen (secondary N) is 1. The molecule has 1 aromatic carbocycles. The Hall–Kier alpha value is -1.22. The second kappa shape index (κ2) is 7.96. The highest BCUT2D eigenvalue weighted by molar-refractivity contribution is 5.39. The molecule has 0 spiro atoms. The molecule has 0 bridgehead atoms. The Bertz CT molecular complexity index is 315. The van der Waals surface area contributed by atoms with Crippen LogP contribution in [0.2, 0.25) is 0 Å². The van der Waals surface area contributed by atoms with Crippen LogP contribution in [-0.4, -0.2) is 27.3 Å². The molecule has 0 aromatic heterocycles. The van der Waals surface area contributed by atoms with E-state index < -0.39 is 0 Å². The summed E-state index contributed by atoms with van der Waals surface area (Å²) in [6, 6.07) is 7.77. The molecule has 0 aliphatic carbocycles. The van der Waals surface area contributed by atoms with Crippen molar-refractivity contribution in [2.45, 2.75) is 19.8 Å². The number of benzene rings is 1. The van der Waals surface area contributed by atoms with Crippen molar-refractivity contribution in [3.63, 3.8) is 0 Å². The lowest BCUT2D eigenvalue weighted by atomic mass is 10.0. The number of para-hydroxylation sites is 2. The minimum Gasteiger partial charge on any atom is -0.493 e. The normalized spacial score (nSPS) is 12.2. The summed E-state index contributed by atoms with van der Waals surface area (Å²) >= 11 is 0. The van der Waals surface area contributed by atoms with Crippen molar-refractivity contribution in [3.8, 4) is 11.5 Å². The predicted molar refractivity (Wildman–Crippen MR) is 70.8 cm³/mol. The van der Waals surface area contributed by atoms with Crippen molar-refractivity contribution in [3.05, 3.63) is 24.3 Å². The number of ether oxygens (including phenoxy) is 2. The predicted octanol–water partition coefficient (Wildman–Crippen LogP) is 2.71. The Kier molecular flexibility index (Phi) is 6.48. The van der Waals surface area contributed by atoms with Crippen LogP contribution in [-0.2, 0) is 0 Å². The maximum Gasteiger partial charge on any atom is 0.161 e. The molecular weight excluding hydrogens is 214 g/mol. The third kappa shape index (κ3) is 4.65. The molecule has 3 nitrogen and oxygen atoms in total. The van der Waals surface area contributed by atoms with Gasteiger partial charge in [0.2, 0.25) is 0 Å². The largest absolute Gasteiger partial charge is 0.493 e. The SMILES string of the molecule is CCC(CCOc1ccccc1OC)CNC. The van der Waals surface area contributed by atoms with Crippen LogP contribution in [0.5, 0.6) is 11.5 Å². The van der Waals surface area contributed by atoms with Crippen LogP contribution < -0.4 is 14.8 Å². The number of methoxy groups -OCH3 is 1. The molecule has 3 heteroatoms. The lowest BCUT2D eigenvalue weighted by Crippen LogP contribution is -2.20. The Balaban J connectivity index is 2.39. The van der Waals surface area contributed by atoms with Gasteiger partial charge in [0.15, 0.2) is 11.5 Å². The molecule has 1 unspecified atom stereocenters. The van der Waals surface area contributed by atoms with E-state index in [1.54, 1.807) is 7.11 Å². The smallest absolute Gasteiger partial charge is 0.161 e. The summed E-state index contributed by atoms with van der Waals surface area (Å²) in [5.74, 6) is 2.30. The van der Waals surface area contributed by atoms with E-state index in [0.29, 0.717) is 5.92 Å². The van der Waals surface area contributed by atoms with Crippen LogP contribution in [0.4, 0.5) is 0 Å². The first-order valence-corrected chi connectivity index (χ1v) is 6.22. The molecule has 1 rings (SSSR count). The van der Waals surface area contributed by atoms with Crippen LogP contribution in [0.25, 0.3) is 0 Å². The third-order valence-corrected chi connectivity index (χ3v) is 2.92. The van der Waals surface area contributed by atoms with Gasteiger partial charge in [0.05, 0.1) is 13.7 Å². The second-order valence-electron chi connectivity index (χ2n) is 4.12. The molecule has 17 heavy (non-hydrogen) atoms. The summed E-state index contributed by atoms with van der Waals surface area (Å²) < 4.78 is 11.0. The Morgan fingerprint density at radius 1 is 1.24 bits per heavy atom. The Labute approximate surface area is 104 Å². The standard InChI is InChI=1S/C14H23NO2/c1-4-12(11-15-2)9-10-17-14-8-6-5-7-13(14)16-3/h5-8,12,15H,4,9-11H2,1-3H3. The average molecular weight is 237 g/mol. The van der Waals surface area contributed by atoms with E-state index in [-0.39, 0.29) is 0 Å². The maximum absolute atomic E-state index is 5.75. The molecule has 0 heterocycles. The van der Waals surface area contributed by atoms with Gasteiger partial charge in [-0.25, -0.2) is 0 Å². The van der Waals surface area contributed by atoms with Gasteiger partial charge in [-0.1, -0.05) is 25.5 Å². The van der Waals surface area contributed by atoms with E-state index in [9.17, 15) is 0 Å². The monoisotopic (exact) mass is 237 g/mol. The van der Waals surface area contributed by atoms with Crippen molar-refractivity contribution in [2.75, 3.05) is 27.3 Å². The lowest BCUT2D eigenvalue weighted by molar-refractivity contribution is 0.260. The summed E-state index contributed by atoms with van der Waals surface area (Å²) in [6.07, 6.45) is 2.24.